The molecule has 2 heterocycles. The first-order chi connectivity index (χ1) is 11.9. The van der Waals surface area contributed by atoms with Crippen molar-refractivity contribution in [2.75, 3.05) is 40.3 Å². The van der Waals surface area contributed by atoms with E-state index >= 15 is 0 Å². The van der Waals surface area contributed by atoms with E-state index in [1.165, 1.54) is 17.3 Å². The number of hydrogen-bond acceptors (Lipinski definition) is 4. The van der Waals surface area contributed by atoms with Gasteiger partial charge in [0.15, 0.2) is 0 Å². The number of carbonyl (C=O) groups excluding carboxylic acids is 2. The molecule has 7 nitrogen and oxygen atoms in total. The number of amides is 2. The Bertz CT molecular complexity index is 640. The zero-order valence-electron chi connectivity index (χ0n) is 14.4. The van der Waals surface area contributed by atoms with Crippen molar-refractivity contribution in [2.45, 2.75) is 19.5 Å². The van der Waals surface area contributed by atoms with Gasteiger partial charge in [-0.25, -0.2) is 4.98 Å². The average Bonchev–Trinajstić information content (AvgIpc) is 3.25. The van der Waals surface area contributed by atoms with Crippen LogP contribution in [0.3, 0.4) is 0 Å². The molecule has 25 heavy (non-hydrogen) atoms. The average molecular weight is 355 g/mol. The summed E-state index contributed by atoms with van der Waals surface area (Å²) in [5.41, 5.74) is 0. The van der Waals surface area contributed by atoms with E-state index in [1.807, 2.05) is 4.90 Å². The zero-order chi connectivity index (χ0) is 18.1. The number of rotatable bonds is 5. The highest BCUT2D eigenvalue weighted by Gasteiger charge is 2.50. The second-order valence-electron chi connectivity index (χ2n) is 6.81. The molecule has 9 heteroatoms. The number of piperazine rings is 1. The fraction of sp³-hybridized carbons (Fsp3) is 0.688. The number of nitrogens with zero attached hydrogens (tertiary/aromatic N) is 5. The summed E-state index contributed by atoms with van der Waals surface area (Å²) in [5.74, 6) is -0.00315. The van der Waals surface area contributed by atoms with E-state index in [2.05, 4.69) is 4.98 Å². The van der Waals surface area contributed by atoms with E-state index in [9.17, 15) is 18.4 Å². The summed E-state index contributed by atoms with van der Waals surface area (Å²) in [4.78, 5) is 33.7. The van der Waals surface area contributed by atoms with Crippen molar-refractivity contribution in [2.24, 2.45) is 11.8 Å². The standard InChI is InChI=1S/C16H23F2N5O2/c1-20(2)14(24)11-9-12(11)15(25)22-7-5-21(6-8-22)10-13-19-3-4-23(13)16(17)18/h3-4,11-12,16H,5-10H2,1-2H3/t11-,12+/m1/s1. The predicted octanol–water partition coefficient (Wildman–Crippen LogP) is 0.647. The van der Waals surface area contributed by atoms with Crippen LogP contribution in [-0.2, 0) is 16.1 Å². The Hall–Kier alpha value is -2.03. The van der Waals surface area contributed by atoms with E-state index in [0.717, 1.165) is 4.57 Å². The first-order valence-corrected chi connectivity index (χ1v) is 8.40. The molecule has 138 valence electrons. The second kappa shape index (κ2) is 7.07. The maximum atomic E-state index is 12.9. The van der Waals surface area contributed by atoms with Crippen LogP contribution in [0.5, 0.6) is 0 Å². The Morgan fingerprint density at radius 2 is 1.92 bits per heavy atom. The highest BCUT2D eigenvalue weighted by atomic mass is 19.3. The van der Waals surface area contributed by atoms with Gasteiger partial charge in [0.1, 0.15) is 5.82 Å². The van der Waals surface area contributed by atoms with Crippen molar-refractivity contribution in [1.29, 1.82) is 0 Å². The van der Waals surface area contributed by atoms with Crippen LogP contribution in [0.2, 0.25) is 0 Å². The first kappa shape index (κ1) is 17.8. The monoisotopic (exact) mass is 355 g/mol. The predicted molar refractivity (Wildman–Crippen MR) is 85.6 cm³/mol. The largest absolute Gasteiger partial charge is 0.349 e. The molecule has 0 radical (unpaired) electrons. The van der Waals surface area contributed by atoms with Crippen LogP contribution >= 0.6 is 0 Å². The molecule has 1 aromatic heterocycles. The van der Waals surface area contributed by atoms with Gasteiger partial charge in [0.25, 0.3) is 0 Å². The Balaban J connectivity index is 1.48. The van der Waals surface area contributed by atoms with Crippen molar-refractivity contribution in [1.82, 2.24) is 24.3 Å². The third kappa shape index (κ3) is 3.81. The van der Waals surface area contributed by atoms with E-state index in [4.69, 9.17) is 0 Å². The minimum atomic E-state index is -2.60. The molecule has 1 aliphatic heterocycles. The van der Waals surface area contributed by atoms with Gasteiger partial charge in [0.2, 0.25) is 11.8 Å². The topological polar surface area (TPSA) is 61.7 Å². The summed E-state index contributed by atoms with van der Waals surface area (Å²) in [7, 11) is 3.40. The zero-order valence-corrected chi connectivity index (χ0v) is 14.4. The Morgan fingerprint density at radius 1 is 1.24 bits per heavy atom. The van der Waals surface area contributed by atoms with E-state index in [0.29, 0.717) is 45.0 Å². The molecule has 0 bridgehead atoms. The fourth-order valence-electron chi connectivity index (χ4n) is 3.28. The van der Waals surface area contributed by atoms with Crippen LogP contribution in [0.4, 0.5) is 8.78 Å². The lowest BCUT2D eigenvalue weighted by Crippen LogP contribution is -2.49. The summed E-state index contributed by atoms with van der Waals surface area (Å²) in [6.45, 7) is 0.0642. The highest BCUT2D eigenvalue weighted by Crippen LogP contribution is 2.41. The molecule has 0 aromatic carbocycles. The minimum absolute atomic E-state index is 0.0100. The van der Waals surface area contributed by atoms with Gasteiger partial charge in [-0.1, -0.05) is 0 Å². The molecular formula is C16H23F2N5O2. The lowest BCUT2D eigenvalue weighted by atomic mass is 10.2. The number of hydrogen-bond donors (Lipinski definition) is 0. The Labute approximate surface area is 145 Å². The highest BCUT2D eigenvalue weighted by molar-refractivity contribution is 5.92. The number of carbonyl (C=O) groups is 2. The number of aromatic nitrogens is 2. The van der Waals surface area contributed by atoms with Crippen LogP contribution in [0, 0.1) is 11.8 Å². The van der Waals surface area contributed by atoms with Gasteiger partial charge in [-0.15, -0.1) is 0 Å². The first-order valence-electron chi connectivity index (χ1n) is 8.40. The van der Waals surface area contributed by atoms with Gasteiger partial charge < -0.3 is 9.80 Å². The van der Waals surface area contributed by atoms with Gasteiger partial charge in [-0.05, 0) is 6.42 Å². The summed E-state index contributed by atoms with van der Waals surface area (Å²) < 4.78 is 26.6. The van der Waals surface area contributed by atoms with E-state index < -0.39 is 6.55 Å². The Kier molecular flexibility index (Phi) is 5.03. The summed E-state index contributed by atoms with van der Waals surface area (Å²) >= 11 is 0. The molecular weight excluding hydrogens is 332 g/mol. The molecule has 0 spiro atoms. The van der Waals surface area contributed by atoms with Crippen LogP contribution in [-0.4, -0.2) is 76.3 Å². The molecule has 1 saturated heterocycles. The minimum Gasteiger partial charge on any atom is -0.349 e. The number of halogens is 2. The lowest BCUT2D eigenvalue weighted by molar-refractivity contribution is -0.138. The van der Waals surface area contributed by atoms with Gasteiger partial charge in [-0.3, -0.25) is 19.1 Å². The molecule has 2 aliphatic rings. The van der Waals surface area contributed by atoms with Crippen molar-refractivity contribution in [3.8, 4) is 0 Å². The SMILES string of the molecule is CN(C)C(=O)[C@@H]1C[C@@H]1C(=O)N1CCN(Cc2nccn2C(F)F)CC1. The van der Waals surface area contributed by atoms with Crippen molar-refractivity contribution >= 4 is 11.8 Å². The number of imidazole rings is 1. The van der Waals surface area contributed by atoms with Crippen molar-refractivity contribution < 1.29 is 18.4 Å². The van der Waals surface area contributed by atoms with Crippen molar-refractivity contribution in [3.63, 3.8) is 0 Å². The molecule has 2 atom stereocenters. The molecule has 2 amide bonds. The molecule has 0 unspecified atom stereocenters. The third-order valence-corrected chi connectivity index (χ3v) is 4.87. The van der Waals surface area contributed by atoms with Gasteiger partial charge in [-0.2, -0.15) is 8.78 Å². The normalized spacial score (nSPS) is 23.8. The maximum absolute atomic E-state index is 12.9. The van der Waals surface area contributed by atoms with Gasteiger partial charge in [0, 0.05) is 52.7 Å². The molecule has 1 aromatic rings. The molecule has 0 N–H and O–H groups in total. The molecule has 3 rings (SSSR count). The van der Waals surface area contributed by atoms with Gasteiger partial charge >= 0.3 is 6.55 Å². The molecule has 2 fully saturated rings. The van der Waals surface area contributed by atoms with Crippen LogP contribution in [0.25, 0.3) is 0 Å². The van der Waals surface area contributed by atoms with E-state index in [1.54, 1.807) is 19.0 Å². The fourth-order valence-corrected chi connectivity index (χ4v) is 3.28. The quantitative estimate of drug-likeness (QED) is 0.778. The van der Waals surface area contributed by atoms with E-state index in [-0.39, 0.29) is 23.7 Å². The maximum Gasteiger partial charge on any atom is 0.319 e. The van der Waals surface area contributed by atoms with Crippen LogP contribution in [0.1, 0.15) is 18.8 Å². The Morgan fingerprint density at radius 3 is 2.52 bits per heavy atom. The smallest absolute Gasteiger partial charge is 0.319 e. The molecule has 1 aliphatic carbocycles. The molecule has 1 saturated carbocycles. The van der Waals surface area contributed by atoms with Crippen LogP contribution in [0.15, 0.2) is 12.4 Å². The lowest BCUT2D eigenvalue weighted by Gasteiger charge is -2.34. The number of alkyl halides is 2. The summed E-state index contributed by atoms with van der Waals surface area (Å²) in [6, 6.07) is 0. The van der Waals surface area contributed by atoms with Crippen molar-refractivity contribution in [3.05, 3.63) is 18.2 Å². The summed E-state index contributed by atoms with van der Waals surface area (Å²) in [6.07, 6.45) is 3.27. The third-order valence-electron chi connectivity index (χ3n) is 4.87. The summed E-state index contributed by atoms with van der Waals surface area (Å²) in [5, 5.41) is 0. The second-order valence-corrected chi connectivity index (χ2v) is 6.81. The van der Waals surface area contributed by atoms with Gasteiger partial charge in [0.05, 0.1) is 18.4 Å². The van der Waals surface area contributed by atoms with Crippen LogP contribution < -0.4 is 0 Å².